The number of nitriles is 1. The van der Waals surface area contributed by atoms with Gasteiger partial charge >= 0.3 is 0 Å². The molecule has 0 unspecified atom stereocenters. The van der Waals surface area contributed by atoms with Gasteiger partial charge in [-0.2, -0.15) is 10.4 Å². The molecule has 2 bridgehead atoms. The fourth-order valence-corrected chi connectivity index (χ4v) is 2.81. The zero-order valence-corrected chi connectivity index (χ0v) is 10.6. The van der Waals surface area contributed by atoms with Crippen LogP contribution in [-0.2, 0) is 4.74 Å². The average molecular weight is 244 g/mol. The minimum absolute atomic E-state index is 0.268. The van der Waals surface area contributed by atoms with Crippen molar-refractivity contribution in [1.29, 1.82) is 5.26 Å². The zero-order valence-electron chi connectivity index (χ0n) is 10.6. The Hall–Kier alpha value is -1.67. The van der Waals surface area contributed by atoms with Crippen molar-refractivity contribution in [2.45, 2.75) is 51.4 Å². The number of hydrogen-bond acceptors (Lipinski definition) is 5. The Morgan fingerprint density at radius 3 is 2.78 bits per heavy atom. The van der Waals surface area contributed by atoms with Gasteiger partial charge in [-0.1, -0.05) is 0 Å². The smallest absolute Gasteiger partial charge is 0.167 e. The molecule has 0 amide bonds. The van der Waals surface area contributed by atoms with Crippen LogP contribution in [0.4, 0.5) is 5.82 Å². The third-order valence-electron chi connectivity index (χ3n) is 3.99. The molecule has 3 heterocycles. The van der Waals surface area contributed by atoms with Gasteiger partial charge in [-0.3, -0.25) is 0 Å². The molecular weight excluding hydrogens is 228 g/mol. The molecule has 0 spiro atoms. The molecule has 0 aromatic carbocycles. The first-order valence-electron chi connectivity index (χ1n) is 6.35. The minimum Gasteiger partial charge on any atom is -0.373 e. The molecule has 2 saturated heterocycles. The first kappa shape index (κ1) is 11.4. The summed E-state index contributed by atoms with van der Waals surface area (Å²) in [5, 5.41) is 20.8. The molecule has 2 aliphatic heterocycles. The highest BCUT2D eigenvalue weighted by Crippen LogP contribution is 2.36. The third kappa shape index (κ3) is 1.73. The van der Waals surface area contributed by atoms with Crippen molar-refractivity contribution in [3.05, 3.63) is 16.8 Å². The Morgan fingerprint density at radius 2 is 2.17 bits per heavy atom. The second-order valence-electron chi connectivity index (χ2n) is 5.11. The molecular formula is C13H16N4O. The summed E-state index contributed by atoms with van der Waals surface area (Å²) in [6.07, 6.45) is 3.92. The summed E-state index contributed by atoms with van der Waals surface area (Å²) in [6.45, 7) is 3.78. The normalized spacial score (nSPS) is 29.3. The summed E-state index contributed by atoms with van der Waals surface area (Å²) >= 11 is 0. The van der Waals surface area contributed by atoms with Crippen LogP contribution in [0.1, 0.15) is 36.1 Å². The molecule has 94 valence electrons. The van der Waals surface area contributed by atoms with E-state index in [4.69, 9.17) is 4.74 Å². The number of aryl methyl sites for hydroxylation is 1. The number of anilines is 1. The number of hydrogen-bond donors (Lipinski definition) is 1. The summed E-state index contributed by atoms with van der Waals surface area (Å²) in [6, 6.07) is 2.49. The van der Waals surface area contributed by atoms with Crippen LogP contribution in [0.5, 0.6) is 0 Å². The van der Waals surface area contributed by atoms with E-state index in [1.807, 2.05) is 13.8 Å². The van der Waals surface area contributed by atoms with Crippen molar-refractivity contribution >= 4 is 5.82 Å². The average Bonchev–Trinajstić information content (AvgIpc) is 2.96. The number of nitrogens with zero attached hydrogens (tertiary/aromatic N) is 3. The summed E-state index contributed by atoms with van der Waals surface area (Å²) in [7, 11) is 0. The maximum atomic E-state index is 9.24. The summed E-state index contributed by atoms with van der Waals surface area (Å²) < 4.78 is 5.79. The van der Waals surface area contributed by atoms with Crippen LogP contribution in [0.2, 0.25) is 0 Å². The van der Waals surface area contributed by atoms with Crippen molar-refractivity contribution in [3.63, 3.8) is 0 Å². The van der Waals surface area contributed by atoms with Gasteiger partial charge < -0.3 is 10.1 Å². The van der Waals surface area contributed by atoms with Crippen LogP contribution >= 0.6 is 0 Å². The highest BCUT2D eigenvalue weighted by atomic mass is 16.5. The van der Waals surface area contributed by atoms with Crippen LogP contribution in [0, 0.1) is 25.2 Å². The zero-order chi connectivity index (χ0) is 12.7. The topological polar surface area (TPSA) is 70.8 Å². The van der Waals surface area contributed by atoms with Gasteiger partial charge in [0.15, 0.2) is 5.82 Å². The van der Waals surface area contributed by atoms with E-state index in [0.717, 1.165) is 30.5 Å². The van der Waals surface area contributed by atoms with Crippen molar-refractivity contribution in [3.8, 4) is 6.07 Å². The molecule has 1 aromatic heterocycles. The molecule has 0 saturated carbocycles. The molecule has 3 rings (SSSR count). The number of ether oxygens (including phenoxy) is 1. The van der Waals surface area contributed by atoms with E-state index < -0.39 is 0 Å². The molecule has 0 radical (unpaired) electrons. The molecule has 5 nitrogen and oxygen atoms in total. The Labute approximate surface area is 106 Å². The monoisotopic (exact) mass is 244 g/mol. The van der Waals surface area contributed by atoms with Gasteiger partial charge in [-0.15, -0.1) is 5.10 Å². The maximum Gasteiger partial charge on any atom is 0.167 e. The Balaban J connectivity index is 1.85. The van der Waals surface area contributed by atoms with E-state index in [1.54, 1.807) is 0 Å². The van der Waals surface area contributed by atoms with Crippen LogP contribution in [0.15, 0.2) is 0 Å². The molecule has 1 aromatic rings. The van der Waals surface area contributed by atoms with E-state index >= 15 is 0 Å². The lowest BCUT2D eigenvalue weighted by molar-refractivity contribution is 0.102. The Bertz CT molecular complexity index is 522. The van der Waals surface area contributed by atoms with Gasteiger partial charge in [0.05, 0.1) is 23.9 Å². The second kappa shape index (κ2) is 4.21. The lowest BCUT2D eigenvalue weighted by atomic mass is 9.95. The van der Waals surface area contributed by atoms with Gasteiger partial charge in [0.2, 0.25) is 0 Å². The molecule has 2 fully saturated rings. The van der Waals surface area contributed by atoms with Gasteiger partial charge in [0, 0.05) is 0 Å². The van der Waals surface area contributed by atoms with Gasteiger partial charge in [-0.25, -0.2) is 0 Å². The third-order valence-corrected chi connectivity index (χ3v) is 3.99. The van der Waals surface area contributed by atoms with Gasteiger partial charge in [-0.05, 0) is 38.7 Å². The maximum absolute atomic E-state index is 9.24. The molecule has 18 heavy (non-hydrogen) atoms. The molecule has 3 atom stereocenters. The van der Waals surface area contributed by atoms with Crippen LogP contribution in [0.25, 0.3) is 0 Å². The second-order valence-corrected chi connectivity index (χ2v) is 5.11. The number of nitrogens with one attached hydrogen (secondary N) is 1. The summed E-state index contributed by atoms with van der Waals surface area (Å²) in [4.78, 5) is 0. The SMILES string of the molecule is Cc1nnc(N[C@@H]2C[C@@H]3CC[C@@H]2O3)c(C#N)c1C. The van der Waals surface area contributed by atoms with Crippen LogP contribution in [-0.4, -0.2) is 28.4 Å². The molecule has 1 N–H and O–H groups in total. The predicted octanol–water partition coefficient (Wildman–Crippen LogP) is 1.70. The van der Waals surface area contributed by atoms with Crippen molar-refractivity contribution < 1.29 is 4.74 Å². The van der Waals surface area contributed by atoms with Crippen LogP contribution < -0.4 is 5.32 Å². The Kier molecular flexibility index (Phi) is 2.67. The standard InChI is InChI=1S/C13H16N4O/c1-7-8(2)16-17-13(10(7)6-14)15-11-5-9-3-4-12(11)18-9/h9,11-12H,3-5H2,1-2H3,(H,15,17)/t9-,11+,12-/m0/s1. The van der Waals surface area contributed by atoms with E-state index in [9.17, 15) is 5.26 Å². The molecule has 0 aliphatic carbocycles. The Morgan fingerprint density at radius 1 is 1.33 bits per heavy atom. The highest BCUT2D eigenvalue weighted by Gasteiger charge is 2.41. The van der Waals surface area contributed by atoms with Crippen molar-refractivity contribution in [1.82, 2.24) is 10.2 Å². The van der Waals surface area contributed by atoms with Crippen LogP contribution in [0.3, 0.4) is 0 Å². The molecule has 5 heteroatoms. The van der Waals surface area contributed by atoms with E-state index in [2.05, 4.69) is 21.6 Å². The van der Waals surface area contributed by atoms with E-state index in [-0.39, 0.29) is 12.1 Å². The van der Waals surface area contributed by atoms with Gasteiger partial charge in [0.25, 0.3) is 0 Å². The number of fused-ring (bicyclic) bond motifs is 2. The number of aromatic nitrogens is 2. The van der Waals surface area contributed by atoms with Crippen molar-refractivity contribution in [2.24, 2.45) is 0 Å². The molecule has 2 aliphatic rings. The van der Waals surface area contributed by atoms with Gasteiger partial charge in [0.1, 0.15) is 11.6 Å². The first-order chi connectivity index (χ1) is 8.69. The lowest BCUT2D eigenvalue weighted by Gasteiger charge is -2.21. The fraction of sp³-hybridized carbons (Fsp3) is 0.615. The summed E-state index contributed by atoms with van der Waals surface area (Å²) in [5.74, 6) is 0.599. The van der Waals surface area contributed by atoms with Crippen molar-refractivity contribution in [2.75, 3.05) is 5.32 Å². The fourth-order valence-electron chi connectivity index (χ4n) is 2.81. The van der Waals surface area contributed by atoms with E-state index in [1.165, 1.54) is 0 Å². The summed E-state index contributed by atoms with van der Waals surface area (Å²) in [5.41, 5.74) is 2.31. The first-order valence-corrected chi connectivity index (χ1v) is 6.35. The highest BCUT2D eigenvalue weighted by molar-refractivity contribution is 5.56. The quantitative estimate of drug-likeness (QED) is 0.857. The largest absolute Gasteiger partial charge is 0.373 e. The lowest BCUT2D eigenvalue weighted by Crippen LogP contribution is -2.31. The van der Waals surface area contributed by atoms with E-state index in [0.29, 0.717) is 17.5 Å². The number of rotatable bonds is 2. The minimum atomic E-state index is 0.268. The predicted molar refractivity (Wildman–Crippen MR) is 66.1 cm³/mol.